The van der Waals surface area contributed by atoms with Gasteiger partial charge in [0, 0.05) is 23.1 Å². The van der Waals surface area contributed by atoms with E-state index in [0.717, 1.165) is 11.3 Å². The first kappa shape index (κ1) is 17.2. The van der Waals surface area contributed by atoms with E-state index in [9.17, 15) is 4.79 Å². The van der Waals surface area contributed by atoms with Gasteiger partial charge in [-0.15, -0.1) is 0 Å². The summed E-state index contributed by atoms with van der Waals surface area (Å²) in [6.07, 6.45) is 2.88. The second-order valence-electron chi connectivity index (χ2n) is 5.36. The van der Waals surface area contributed by atoms with Crippen molar-refractivity contribution in [1.29, 1.82) is 0 Å². The first-order valence-electron chi connectivity index (χ1n) is 7.43. The van der Waals surface area contributed by atoms with Crippen molar-refractivity contribution in [2.75, 3.05) is 10.6 Å². The van der Waals surface area contributed by atoms with Crippen molar-refractivity contribution in [3.05, 3.63) is 76.0 Å². The lowest BCUT2D eigenvalue weighted by Crippen LogP contribution is -2.13. The minimum atomic E-state index is -0.369. The molecule has 0 spiro atoms. The molecule has 0 radical (unpaired) electrons. The summed E-state index contributed by atoms with van der Waals surface area (Å²) in [5.74, 6) is 0.0345. The van der Waals surface area contributed by atoms with E-state index in [1.54, 1.807) is 18.2 Å². The zero-order valence-corrected chi connectivity index (χ0v) is 14.8. The van der Waals surface area contributed by atoms with Crippen LogP contribution in [0.4, 0.5) is 17.3 Å². The molecule has 3 rings (SSSR count). The molecule has 0 unspecified atom stereocenters. The highest BCUT2D eigenvalue weighted by Gasteiger charge is 2.10. The van der Waals surface area contributed by atoms with Crippen LogP contribution < -0.4 is 10.6 Å². The molecule has 7 heteroatoms. The molecular formula is C18H14Cl2N4O. The lowest BCUT2D eigenvalue weighted by Gasteiger charge is -2.08. The van der Waals surface area contributed by atoms with Crippen molar-refractivity contribution in [2.45, 2.75) is 6.92 Å². The third kappa shape index (κ3) is 4.47. The van der Waals surface area contributed by atoms with Crippen LogP contribution in [-0.2, 0) is 0 Å². The maximum Gasteiger partial charge on any atom is 0.258 e. The van der Waals surface area contributed by atoms with Gasteiger partial charge in [0.1, 0.15) is 0 Å². The molecule has 1 heterocycles. The van der Waals surface area contributed by atoms with Gasteiger partial charge in [-0.05, 0) is 37.3 Å². The average molecular weight is 373 g/mol. The Kier molecular flexibility index (Phi) is 5.16. The maximum absolute atomic E-state index is 12.3. The van der Waals surface area contributed by atoms with E-state index in [4.69, 9.17) is 23.2 Å². The topological polar surface area (TPSA) is 66.9 Å². The fourth-order valence-corrected chi connectivity index (χ4v) is 2.40. The van der Waals surface area contributed by atoms with Gasteiger partial charge in [0.15, 0.2) is 0 Å². The van der Waals surface area contributed by atoms with Crippen molar-refractivity contribution in [2.24, 2.45) is 0 Å². The lowest BCUT2D eigenvalue weighted by molar-refractivity contribution is 0.102. The summed E-state index contributed by atoms with van der Waals surface area (Å²) in [5, 5.41) is 6.64. The van der Waals surface area contributed by atoms with Gasteiger partial charge >= 0.3 is 0 Å². The Morgan fingerprint density at radius 3 is 2.36 bits per heavy atom. The number of rotatable bonds is 4. The molecule has 2 N–H and O–H groups in total. The van der Waals surface area contributed by atoms with E-state index >= 15 is 0 Å². The summed E-state index contributed by atoms with van der Waals surface area (Å²) in [7, 11) is 0. The standard InChI is InChI=1S/C18H14Cl2N4O/c1-11-2-5-14(6-3-11)23-18-21-9-12(10-22-18)17(25)24-16-8-13(19)4-7-15(16)20/h2-10H,1H3,(H,24,25)(H,21,22,23). The van der Waals surface area contributed by atoms with Crippen LogP contribution in [0.2, 0.25) is 10.0 Å². The molecule has 1 aromatic heterocycles. The summed E-state index contributed by atoms with van der Waals surface area (Å²) in [6.45, 7) is 2.01. The summed E-state index contributed by atoms with van der Waals surface area (Å²) in [6, 6.07) is 12.7. The number of amides is 1. The molecule has 3 aromatic rings. The predicted octanol–water partition coefficient (Wildman–Crippen LogP) is 5.09. The van der Waals surface area contributed by atoms with Crippen molar-refractivity contribution >= 4 is 46.4 Å². The van der Waals surface area contributed by atoms with E-state index in [1.807, 2.05) is 31.2 Å². The molecule has 5 nitrogen and oxygen atoms in total. The van der Waals surface area contributed by atoms with Crippen molar-refractivity contribution in [3.8, 4) is 0 Å². The Bertz CT molecular complexity index is 896. The van der Waals surface area contributed by atoms with Gasteiger partial charge in [-0.2, -0.15) is 0 Å². The van der Waals surface area contributed by atoms with Gasteiger partial charge in [0.25, 0.3) is 5.91 Å². The normalized spacial score (nSPS) is 10.4. The molecule has 1 amide bonds. The number of aromatic nitrogens is 2. The van der Waals surface area contributed by atoms with Gasteiger partial charge < -0.3 is 10.6 Å². The Balaban J connectivity index is 1.70. The molecule has 0 aliphatic heterocycles. The van der Waals surface area contributed by atoms with Gasteiger partial charge in [0.2, 0.25) is 5.95 Å². The number of hydrogen-bond donors (Lipinski definition) is 2. The smallest absolute Gasteiger partial charge is 0.258 e. The molecule has 126 valence electrons. The summed E-state index contributed by atoms with van der Waals surface area (Å²) in [4.78, 5) is 20.6. The second kappa shape index (κ2) is 7.51. The summed E-state index contributed by atoms with van der Waals surface area (Å²) in [5.41, 5.74) is 2.78. The third-order valence-corrected chi connectivity index (χ3v) is 3.96. The van der Waals surface area contributed by atoms with Crippen LogP contribution in [0.1, 0.15) is 15.9 Å². The number of hydrogen-bond acceptors (Lipinski definition) is 4. The van der Waals surface area contributed by atoms with Crippen molar-refractivity contribution < 1.29 is 4.79 Å². The van der Waals surface area contributed by atoms with Crippen LogP contribution in [-0.4, -0.2) is 15.9 Å². The average Bonchev–Trinajstić information content (AvgIpc) is 2.61. The van der Waals surface area contributed by atoms with Crippen LogP contribution in [0.15, 0.2) is 54.9 Å². The highest BCUT2D eigenvalue weighted by atomic mass is 35.5. The predicted molar refractivity (Wildman–Crippen MR) is 101 cm³/mol. The van der Waals surface area contributed by atoms with E-state index in [0.29, 0.717) is 27.2 Å². The lowest BCUT2D eigenvalue weighted by atomic mass is 10.2. The van der Waals surface area contributed by atoms with Gasteiger partial charge in [-0.3, -0.25) is 4.79 Å². The summed E-state index contributed by atoms with van der Waals surface area (Å²) >= 11 is 12.0. The SMILES string of the molecule is Cc1ccc(Nc2ncc(C(=O)Nc3cc(Cl)ccc3Cl)cn2)cc1. The molecule has 25 heavy (non-hydrogen) atoms. The van der Waals surface area contributed by atoms with Crippen molar-refractivity contribution in [1.82, 2.24) is 9.97 Å². The number of carbonyl (C=O) groups excluding carboxylic acids is 1. The van der Waals surface area contributed by atoms with E-state index in [-0.39, 0.29) is 5.91 Å². The molecule has 0 atom stereocenters. The quantitative estimate of drug-likeness (QED) is 0.669. The number of benzene rings is 2. The highest BCUT2D eigenvalue weighted by molar-refractivity contribution is 6.35. The van der Waals surface area contributed by atoms with Crippen LogP contribution in [0.3, 0.4) is 0 Å². The molecule has 0 aliphatic rings. The first-order chi connectivity index (χ1) is 12.0. The number of nitrogens with zero attached hydrogens (tertiary/aromatic N) is 2. The second-order valence-corrected chi connectivity index (χ2v) is 6.21. The van der Waals surface area contributed by atoms with Gasteiger partial charge in [0.05, 0.1) is 16.3 Å². The first-order valence-corrected chi connectivity index (χ1v) is 8.19. The summed E-state index contributed by atoms with van der Waals surface area (Å²) < 4.78 is 0. The molecule has 0 bridgehead atoms. The molecule has 0 fully saturated rings. The van der Waals surface area contributed by atoms with Crippen LogP contribution >= 0.6 is 23.2 Å². The van der Waals surface area contributed by atoms with Crippen LogP contribution in [0.5, 0.6) is 0 Å². The van der Waals surface area contributed by atoms with Gasteiger partial charge in [-0.25, -0.2) is 9.97 Å². The Morgan fingerprint density at radius 2 is 1.68 bits per heavy atom. The minimum absolute atomic E-state index is 0.311. The highest BCUT2D eigenvalue weighted by Crippen LogP contribution is 2.25. The van der Waals surface area contributed by atoms with Gasteiger partial charge in [-0.1, -0.05) is 40.9 Å². The fourth-order valence-electron chi connectivity index (χ4n) is 2.06. The molecule has 0 aliphatic carbocycles. The molecular weight excluding hydrogens is 359 g/mol. The van der Waals surface area contributed by atoms with E-state index < -0.39 is 0 Å². The number of carbonyl (C=O) groups is 1. The Labute approximate surface area is 155 Å². The fraction of sp³-hybridized carbons (Fsp3) is 0.0556. The zero-order valence-electron chi connectivity index (χ0n) is 13.3. The molecule has 0 saturated carbocycles. The number of nitrogens with one attached hydrogen (secondary N) is 2. The minimum Gasteiger partial charge on any atom is -0.324 e. The Morgan fingerprint density at radius 1 is 1.00 bits per heavy atom. The zero-order chi connectivity index (χ0) is 17.8. The number of halogens is 2. The van der Waals surface area contributed by atoms with Crippen LogP contribution in [0.25, 0.3) is 0 Å². The van der Waals surface area contributed by atoms with E-state index in [2.05, 4.69) is 20.6 Å². The molecule has 0 saturated heterocycles. The molecule has 2 aromatic carbocycles. The van der Waals surface area contributed by atoms with E-state index in [1.165, 1.54) is 12.4 Å². The number of anilines is 3. The monoisotopic (exact) mass is 372 g/mol. The largest absolute Gasteiger partial charge is 0.324 e. The Hall–Kier alpha value is -2.63. The third-order valence-electron chi connectivity index (χ3n) is 3.40. The van der Waals surface area contributed by atoms with Crippen molar-refractivity contribution in [3.63, 3.8) is 0 Å². The maximum atomic E-state index is 12.3. The number of aryl methyl sites for hydroxylation is 1. The van der Waals surface area contributed by atoms with Crippen LogP contribution in [0, 0.1) is 6.92 Å².